The Hall–Kier alpha value is -3.73. The van der Waals surface area contributed by atoms with E-state index in [-0.39, 0.29) is 23.6 Å². The van der Waals surface area contributed by atoms with Crippen LogP contribution in [0, 0.1) is 0 Å². The summed E-state index contributed by atoms with van der Waals surface area (Å²) < 4.78 is 3.45. The third-order valence-electron chi connectivity index (χ3n) is 6.05. The Labute approximate surface area is 190 Å². The number of benzene rings is 1. The van der Waals surface area contributed by atoms with E-state index in [0.29, 0.717) is 11.6 Å². The van der Waals surface area contributed by atoms with Crippen LogP contribution in [0.3, 0.4) is 0 Å². The molecule has 1 aliphatic rings. The van der Waals surface area contributed by atoms with Gasteiger partial charge in [-0.1, -0.05) is 22.6 Å². The van der Waals surface area contributed by atoms with Gasteiger partial charge in [0.15, 0.2) is 5.69 Å². The molecule has 0 saturated carbocycles. The number of nitrogens with zero attached hydrogens (tertiary/aromatic N) is 9. The summed E-state index contributed by atoms with van der Waals surface area (Å²) in [6, 6.07) is 6.56. The van der Waals surface area contributed by atoms with E-state index in [2.05, 4.69) is 54.7 Å². The maximum Gasteiger partial charge on any atom is 0.280 e. The molecule has 1 aromatic carbocycles. The molecule has 0 aliphatic carbocycles. The Bertz CT molecular complexity index is 1290. The number of aryl methyl sites for hydroxylation is 1. The SMILES string of the molecule is CC(C)N1CCC(n2cc(C(=O)Nc3ncc4ccc(-c5cn(C)nn5)cc4n3)nn2)CC1. The number of carbonyl (C=O) groups excluding carboxylic acids is 1. The first-order valence-electron chi connectivity index (χ1n) is 11.1. The van der Waals surface area contributed by atoms with Gasteiger partial charge in [0.2, 0.25) is 5.95 Å². The molecule has 0 bridgehead atoms. The molecule has 170 valence electrons. The van der Waals surface area contributed by atoms with Crippen LogP contribution in [0.2, 0.25) is 0 Å². The molecule has 0 unspecified atom stereocenters. The zero-order valence-corrected chi connectivity index (χ0v) is 18.9. The quantitative estimate of drug-likeness (QED) is 0.496. The lowest BCUT2D eigenvalue weighted by Crippen LogP contribution is -2.39. The number of piperidine rings is 1. The highest BCUT2D eigenvalue weighted by Crippen LogP contribution is 2.24. The summed E-state index contributed by atoms with van der Waals surface area (Å²) in [6.45, 7) is 6.46. The van der Waals surface area contributed by atoms with Gasteiger partial charge in [0.05, 0.1) is 24.0 Å². The van der Waals surface area contributed by atoms with Crippen LogP contribution in [0.1, 0.15) is 43.2 Å². The van der Waals surface area contributed by atoms with Gasteiger partial charge in [0, 0.05) is 43.3 Å². The van der Waals surface area contributed by atoms with Crippen LogP contribution in [0.5, 0.6) is 0 Å². The molecule has 0 atom stereocenters. The number of likely N-dealkylation sites (tertiary alicyclic amines) is 1. The van der Waals surface area contributed by atoms with Crippen molar-refractivity contribution >= 4 is 22.8 Å². The van der Waals surface area contributed by atoms with E-state index in [1.54, 1.807) is 21.8 Å². The highest BCUT2D eigenvalue weighted by molar-refractivity contribution is 6.02. The Morgan fingerprint density at radius 3 is 2.67 bits per heavy atom. The van der Waals surface area contributed by atoms with Gasteiger partial charge in [-0.15, -0.1) is 10.2 Å². The molecule has 1 aliphatic heterocycles. The fourth-order valence-corrected chi connectivity index (χ4v) is 4.11. The fraction of sp³-hybridized carbons (Fsp3) is 0.409. The van der Waals surface area contributed by atoms with E-state index in [9.17, 15) is 4.79 Å². The fourth-order valence-electron chi connectivity index (χ4n) is 4.11. The molecule has 5 rings (SSSR count). The topological polar surface area (TPSA) is 120 Å². The first-order chi connectivity index (χ1) is 16.0. The molecule has 1 amide bonds. The van der Waals surface area contributed by atoms with Crippen molar-refractivity contribution in [1.29, 1.82) is 0 Å². The van der Waals surface area contributed by atoms with E-state index in [4.69, 9.17) is 0 Å². The summed E-state index contributed by atoms with van der Waals surface area (Å²) in [4.78, 5) is 24.0. The van der Waals surface area contributed by atoms with E-state index >= 15 is 0 Å². The Morgan fingerprint density at radius 1 is 1.12 bits per heavy atom. The number of rotatable bonds is 5. The lowest BCUT2D eigenvalue weighted by atomic mass is 10.0. The predicted octanol–water partition coefficient (Wildman–Crippen LogP) is 2.31. The van der Waals surface area contributed by atoms with E-state index in [0.717, 1.165) is 42.6 Å². The smallest absolute Gasteiger partial charge is 0.280 e. The van der Waals surface area contributed by atoms with Gasteiger partial charge in [-0.25, -0.2) is 14.6 Å². The Morgan fingerprint density at radius 2 is 1.94 bits per heavy atom. The van der Waals surface area contributed by atoms with Crippen LogP contribution in [0.15, 0.2) is 36.8 Å². The van der Waals surface area contributed by atoms with Gasteiger partial charge in [-0.05, 0) is 32.8 Å². The molecule has 1 saturated heterocycles. The van der Waals surface area contributed by atoms with Crippen LogP contribution < -0.4 is 5.32 Å². The molecule has 11 heteroatoms. The number of aromatic nitrogens is 8. The molecule has 4 heterocycles. The molecule has 4 aromatic rings. The highest BCUT2D eigenvalue weighted by Gasteiger charge is 2.24. The third kappa shape index (κ3) is 4.44. The van der Waals surface area contributed by atoms with Gasteiger partial charge in [0.1, 0.15) is 5.69 Å². The minimum Gasteiger partial charge on any atom is -0.301 e. The number of anilines is 1. The number of amides is 1. The van der Waals surface area contributed by atoms with Crippen molar-refractivity contribution in [3.05, 3.63) is 42.5 Å². The second-order valence-corrected chi connectivity index (χ2v) is 8.64. The van der Waals surface area contributed by atoms with Crippen LogP contribution in [0.4, 0.5) is 5.95 Å². The van der Waals surface area contributed by atoms with E-state index in [1.807, 2.05) is 31.4 Å². The average molecular weight is 447 g/mol. The van der Waals surface area contributed by atoms with Crippen LogP contribution in [-0.4, -0.2) is 69.9 Å². The van der Waals surface area contributed by atoms with Crippen molar-refractivity contribution in [2.75, 3.05) is 18.4 Å². The molecule has 33 heavy (non-hydrogen) atoms. The van der Waals surface area contributed by atoms with Crippen molar-refractivity contribution in [2.45, 2.75) is 38.8 Å². The number of nitrogens with one attached hydrogen (secondary N) is 1. The molecule has 11 nitrogen and oxygen atoms in total. The average Bonchev–Trinajstić information content (AvgIpc) is 3.48. The first-order valence-corrected chi connectivity index (χ1v) is 11.1. The van der Waals surface area contributed by atoms with Gasteiger partial charge in [-0.2, -0.15) is 0 Å². The summed E-state index contributed by atoms with van der Waals surface area (Å²) in [5.74, 6) is -0.172. The molecular formula is C22H26N10O. The molecule has 0 radical (unpaired) electrons. The van der Waals surface area contributed by atoms with Crippen LogP contribution in [0.25, 0.3) is 22.2 Å². The summed E-state index contributed by atoms with van der Waals surface area (Å²) in [6.07, 6.45) is 7.20. The van der Waals surface area contributed by atoms with Crippen molar-refractivity contribution in [3.63, 3.8) is 0 Å². The minimum atomic E-state index is -0.384. The largest absolute Gasteiger partial charge is 0.301 e. The predicted molar refractivity (Wildman–Crippen MR) is 122 cm³/mol. The Kier molecular flexibility index (Phi) is 5.55. The minimum absolute atomic E-state index is 0.212. The molecular weight excluding hydrogens is 420 g/mol. The van der Waals surface area contributed by atoms with Gasteiger partial charge < -0.3 is 4.90 Å². The second-order valence-electron chi connectivity index (χ2n) is 8.64. The van der Waals surface area contributed by atoms with Gasteiger partial charge in [-0.3, -0.25) is 14.8 Å². The number of hydrogen-bond acceptors (Lipinski definition) is 8. The molecule has 3 aromatic heterocycles. The van der Waals surface area contributed by atoms with Crippen molar-refractivity contribution in [3.8, 4) is 11.3 Å². The van der Waals surface area contributed by atoms with Crippen molar-refractivity contribution in [1.82, 2.24) is 44.9 Å². The summed E-state index contributed by atoms with van der Waals surface area (Å²) in [7, 11) is 1.82. The zero-order chi connectivity index (χ0) is 22.9. The highest BCUT2D eigenvalue weighted by atomic mass is 16.2. The lowest BCUT2D eigenvalue weighted by molar-refractivity contribution is 0.102. The van der Waals surface area contributed by atoms with Gasteiger partial charge in [0.25, 0.3) is 5.91 Å². The second kappa shape index (κ2) is 8.66. The summed E-state index contributed by atoms with van der Waals surface area (Å²) >= 11 is 0. The maximum atomic E-state index is 12.7. The van der Waals surface area contributed by atoms with E-state index in [1.165, 1.54) is 0 Å². The number of fused-ring (bicyclic) bond motifs is 1. The Balaban J connectivity index is 1.29. The zero-order valence-electron chi connectivity index (χ0n) is 18.9. The standard InChI is InChI=1S/C22H26N10O/c1-14(2)31-8-6-17(7-9-31)32-13-20(27-29-32)21(33)25-22-23-11-16-5-4-15(10-18(16)24-22)19-12-30(3)28-26-19/h4-5,10-14,17H,6-9H2,1-3H3,(H,23,24,25,33). The lowest BCUT2D eigenvalue weighted by Gasteiger charge is -2.34. The summed E-state index contributed by atoms with van der Waals surface area (Å²) in [5.41, 5.74) is 2.58. The maximum absolute atomic E-state index is 12.7. The first kappa shape index (κ1) is 21.1. The summed E-state index contributed by atoms with van der Waals surface area (Å²) in [5, 5.41) is 20.0. The van der Waals surface area contributed by atoms with E-state index < -0.39 is 0 Å². The van der Waals surface area contributed by atoms with Crippen LogP contribution >= 0.6 is 0 Å². The number of hydrogen-bond donors (Lipinski definition) is 1. The van der Waals surface area contributed by atoms with Gasteiger partial charge >= 0.3 is 0 Å². The molecule has 0 spiro atoms. The molecule has 1 N–H and O–H groups in total. The number of carbonyl (C=O) groups is 1. The van der Waals surface area contributed by atoms with Crippen molar-refractivity contribution < 1.29 is 4.79 Å². The third-order valence-corrected chi connectivity index (χ3v) is 6.05. The van der Waals surface area contributed by atoms with Crippen molar-refractivity contribution in [2.24, 2.45) is 7.05 Å². The van der Waals surface area contributed by atoms with Crippen LogP contribution in [-0.2, 0) is 7.05 Å². The normalized spacial score (nSPS) is 15.4. The monoisotopic (exact) mass is 446 g/mol. The molecule has 1 fully saturated rings.